The normalized spacial score (nSPS) is 11.3. The van der Waals surface area contributed by atoms with Gasteiger partial charge < -0.3 is 11.1 Å². The summed E-state index contributed by atoms with van der Waals surface area (Å²) in [6.45, 7) is 5.80. The molecule has 7 heteroatoms. The minimum atomic E-state index is -3.79. The van der Waals surface area contributed by atoms with Crippen LogP contribution in [-0.2, 0) is 14.8 Å². The molecule has 0 bridgehead atoms. The summed E-state index contributed by atoms with van der Waals surface area (Å²) in [5.41, 5.74) is 7.67. The van der Waals surface area contributed by atoms with Crippen molar-refractivity contribution in [1.82, 2.24) is 10.0 Å². The first-order valence-electron chi connectivity index (χ1n) is 6.41. The minimum Gasteiger partial charge on any atom is -0.398 e. The van der Waals surface area contributed by atoms with Crippen molar-refractivity contribution in [3.8, 4) is 0 Å². The molecule has 20 heavy (non-hydrogen) atoms. The van der Waals surface area contributed by atoms with E-state index in [0.29, 0.717) is 6.54 Å². The molecule has 6 nitrogen and oxygen atoms in total. The molecule has 0 unspecified atom stereocenters. The second kappa shape index (κ2) is 6.71. The summed E-state index contributed by atoms with van der Waals surface area (Å²) < 4.78 is 26.5. The zero-order valence-electron chi connectivity index (χ0n) is 12.0. The van der Waals surface area contributed by atoms with Crippen molar-refractivity contribution in [3.05, 3.63) is 23.3 Å². The number of carbonyl (C=O) groups is 1. The average molecular weight is 299 g/mol. The maximum absolute atomic E-state index is 12.1. The monoisotopic (exact) mass is 299 g/mol. The van der Waals surface area contributed by atoms with Gasteiger partial charge in [0.1, 0.15) is 4.90 Å². The molecule has 0 atom stereocenters. The van der Waals surface area contributed by atoms with Crippen LogP contribution >= 0.6 is 0 Å². The molecule has 1 rings (SSSR count). The van der Waals surface area contributed by atoms with Gasteiger partial charge in [0.15, 0.2) is 0 Å². The number of nitrogen functional groups attached to an aromatic ring is 1. The van der Waals surface area contributed by atoms with Gasteiger partial charge in [-0.25, -0.2) is 13.1 Å². The summed E-state index contributed by atoms with van der Waals surface area (Å²) in [4.78, 5) is 11.4. The lowest BCUT2D eigenvalue weighted by Gasteiger charge is -2.11. The Bertz CT molecular complexity index is 597. The second-order valence-electron chi connectivity index (χ2n) is 4.65. The summed E-state index contributed by atoms with van der Waals surface area (Å²) in [6.07, 6.45) is 0.794. The van der Waals surface area contributed by atoms with Gasteiger partial charge in [0.2, 0.25) is 15.9 Å². The first kappa shape index (κ1) is 16.5. The maximum atomic E-state index is 12.1. The van der Waals surface area contributed by atoms with Gasteiger partial charge in [-0.1, -0.05) is 6.92 Å². The fourth-order valence-corrected chi connectivity index (χ4v) is 2.79. The van der Waals surface area contributed by atoms with Crippen molar-refractivity contribution in [2.24, 2.45) is 0 Å². The number of nitrogens with one attached hydrogen (secondary N) is 2. The largest absolute Gasteiger partial charge is 0.398 e. The molecule has 4 N–H and O–H groups in total. The Balaban J connectivity index is 2.84. The second-order valence-corrected chi connectivity index (χ2v) is 6.38. The van der Waals surface area contributed by atoms with E-state index >= 15 is 0 Å². The fraction of sp³-hybridized carbons (Fsp3) is 0.462. The summed E-state index contributed by atoms with van der Waals surface area (Å²) in [5.74, 6) is -0.363. The lowest BCUT2D eigenvalue weighted by atomic mass is 10.1. The van der Waals surface area contributed by atoms with Crippen molar-refractivity contribution in [2.45, 2.75) is 32.1 Å². The number of hydrogen-bond acceptors (Lipinski definition) is 4. The molecule has 0 heterocycles. The Hall–Kier alpha value is -1.60. The number of sulfonamides is 1. The van der Waals surface area contributed by atoms with Crippen LogP contribution in [0.25, 0.3) is 0 Å². The van der Waals surface area contributed by atoms with Crippen LogP contribution in [0.15, 0.2) is 17.0 Å². The van der Waals surface area contributed by atoms with Gasteiger partial charge in [0.05, 0.1) is 12.2 Å². The van der Waals surface area contributed by atoms with E-state index in [1.54, 1.807) is 6.07 Å². The fourth-order valence-electron chi connectivity index (χ4n) is 1.61. The van der Waals surface area contributed by atoms with Crippen LogP contribution in [0.4, 0.5) is 5.69 Å². The van der Waals surface area contributed by atoms with E-state index in [4.69, 9.17) is 5.73 Å². The third-order valence-corrected chi connectivity index (χ3v) is 4.37. The predicted molar refractivity (Wildman–Crippen MR) is 78.8 cm³/mol. The number of anilines is 1. The smallest absolute Gasteiger partial charge is 0.243 e. The van der Waals surface area contributed by atoms with Gasteiger partial charge >= 0.3 is 0 Å². The lowest BCUT2D eigenvalue weighted by Crippen LogP contribution is -2.37. The zero-order valence-corrected chi connectivity index (χ0v) is 12.8. The topological polar surface area (TPSA) is 101 Å². The SMILES string of the molecule is CCCNC(=O)CNS(=O)(=O)c1cc(C)c(C)cc1N. The number of carbonyl (C=O) groups excluding carboxylic acids is 1. The Kier molecular flexibility index (Phi) is 5.52. The molecule has 0 fully saturated rings. The third-order valence-electron chi connectivity index (χ3n) is 2.91. The summed E-state index contributed by atoms with van der Waals surface area (Å²) in [7, 11) is -3.79. The number of nitrogens with two attached hydrogens (primary N) is 1. The van der Waals surface area contributed by atoms with Gasteiger partial charge in [0.25, 0.3) is 0 Å². The third kappa shape index (κ3) is 4.21. The van der Waals surface area contributed by atoms with Crippen molar-refractivity contribution in [1.29, 1.82) is 0 Å². The molecule has 0 aliphatic rings. The molecular weight excluding hydrogens is 278 g/mol. The molecule has 0 spiro atoms. The Morgan fingerprint density at radius 1 is 1.25 bits per heavy atom. The highest BCUT2D eigenvalue weighted by molar-refractivity contribution is 7.89. The maximum Gasteiger partial charge on any atom is 0.243 e. The van der Waals surface area contributed by atoms with Crippen LogP contribution in [0.5, 0.6) is 0 Å². The first-order chi connectivity index (χ1) is 9.27. The Labute approximate surface area is 119 Å². The molecule has 0 saturated heterocycles. The van der Waals surface area contributed by atoms with E-state index in [1.165, 1.54) is 6.07 Å². The standard InChI is InChI=1S/C13H21N3O3S/c1-4-5-15-13(17)8-16-20(18,19)12-7-10(3)9(2)6-11(12)14/h6-7,16H,4-5,8,14H2,1-3H3,(H,15,17). The van der Waals surface area contributed by atoms with Crippen LogP contribution in [0.3, 0.4) is 0 Å². The molecule has 0 aromatic heterocycles. The quantitative estimate of drug-likeness (QED) is 0.673. The van der Waals surface area contributed by atoms with E-state index in [9.17, 15) is 13.2 Å². The number of aryl methyl sites for hydroxylation is 2. The number of hydrogen-bond donors (Lipinski definition) is 3. The summed E-state index contributed by atoms with van der Waals surface area (Å²) in [5, 5.41) is 2.59. The first-order valence-corrected chi connectivity index (χ1v) is 7.89. The van der Waals surface area contributed by atoms with E-state index in [2.05, 4.69) is 10.0 Å². The van der Waals surface area contributed by atoms with E-state index in [0.717, 1.165) is 17.5 Å². The molecule has 0 aliphatic carbocycles. The molecule has 0 aliphatic heterocycles. The number of benzene rings is 1. The summed E-state index contributed by atoms with van der Waals surface area (Å²) in [6, 6.07) is 3.12. The minimum absolute atomic E-state index is 0.00360. The van der Waals surface area contributed by atoms with Gasteiger partial charge in [-0.3, -0.25) is 4.79 Å². The van der Waals surface area contributed by atoms with E-state index in [-0.39, 0.29) is 23.0 Å². The van der Waals surface area contributed by atoms with Gasteiger partial charge in [-0.15, -0.1) is 0 Å². The van der Waals surface area contributed by atoms with Crippen LogP contribution < -0.4 is 15.8 Å². The van der Waals surface area contributed by atoms with Crippen molar-refractivity contribution in [3.63, 3.8) is 0 Å². The highest BCUT2D eigenvalue weighted by Crippen LogP contribution is 2.22. The van der Waals surface area contributed by atoms with Crippen molar-refractivity contribution in [2.75, 3.05) is 18.8 Å². The number of amides is 1. The highest BCUT2D eigenvalue weighted by atomic mass is 32.2. The van der Waals surface area contributed by atoms with Crippen molar-refractivity contribution < 1.29 is 13.2 Å². The summed E-state index contributed by atoms with van der Waals surface area (Å²) >= 11 is 0. The highest BCUT2D eigenvalue weighted by Gasteiger charge is 2.19. The molecule has 1 amide bonds. The van der Waals surface area contributed by atoms with Gasteiger partial charge in [-0.05, 0) is 43.5 Å². The van der Waals surface area contributed by atoms with Gasteiger partial charge in [0, 0.05) is 6.54 Å². The lowest BCUT2D eigenvalue weighted by molar-refractivity contribution is -0.119. The van der Waals surface area contributed by atoms with Crippen LogP contribution in [0.1, 0.15) is 24.5 Å². The predicted octanol–water partition coefficient (Wildman–Crippen LogP) is 0.690. The molecular formula is C13H21N3O3S. The molecule has 0 radical (unpaired) electrons. The van der Waals surface area contributed by atoms with Crippen LogP contribution in [-0.4, -0.2) is 27.4 Å². The zero-order chi connectivity index (χ0) is 15.3. The van der Waals surface area contributed by atoms with Crippen molar-refractivity contribution >= 4 is 21.6 Å². The van der Waals surface area contributed by atoms with E-state index < -0.39 is 10.0 Å². The molecule has 1 aromatic rings. The van der Waals surface area contributed by atoms with Crippen LogP contribution in [0, 0.1) is 13.8 Å². The Morgan fingerprint density at radius 3 is 2.45 bits per heavy atom. The average Bonchev–Trinajstić information content (AvgIpc) is 2.38. The Morgan fingerprint density at radius 2 is 1.85 bits per heavy atom. The molecule has 112 valence electrons. The van der Waals surface area contributed by atoms with Crippen LogP contribution in [0.2, 0.25) is 0 Å². The number of rotatable bonds is 6. The van der Waals surface area contributed by atoms with Gasteiger partial charge in [-0.2, -0.15) is 0 Å². The molecule has 0 saturated carbocycles. The van der Waals surface area contributed by atoms with E-state index in [1.807, 2.05) is 20.8 Å². The molecule has 1 aromatic carbocycles.